The van der Waals surface area contributed by atoms with E-state index in [9.17, 15) is 0 Å². The minimum atomic E-state index is 0.658. The molecule has 0 amide bonds. The van der Waals surface area contributed by atoms with Crippen LogP contribution in [0.1, 0.15) is 48.9 Å². The zero-order chi connectivity index (χ0) is 37.0. The summed E-state index contributed by atoms with van der Waals surface area (Å²) in [6.45, 7) is 11.6. The molecule has 4 aliphatic heterocycles. The fourth-order valence-electron chi connectivity index (χ4n) is 7.49. The number of nitrogens with zero attached hydrogens (tertiary/aromatic N) is 10. The van der Waals surface area contributed by atoms with Crippen LogP contribution < -0.4 is 31.3 Å². The van der Waals surface area contributed by atoms with Crippen molar-refractivity contribution >= 4 is 57.0 Å². The highest BCUT2D eigenvalue weighted by atomic mass is 15.3. The highest BCUT2D eigenvalue weighted by Gasteiger charge is 2.25. The fraction of sp³-hybridized carbons (Fsp3) is 0.286. The highest BCUT2D eigenvalue weighted by molar-refractivity contribution is 6.50. The summed E-state index contributed by atoms with van der Waals surface area (Å²) in [5.74, 6) is 10.9. The molecule has 8 rings (SSSR count). The molecule has 0 saturated carbocycles. The fourth-order valence-corrected chi connectivity index (χ4v) is 7.49. The van der Waals surface area contributed by atoms with Crippen molar-refractivity contribution < 1.29 is 0 Å². The average Bonchev–Trinajstić information content (AvgIpc) is 3.95. The molecule has 0 spiro atoms. The first-order valence-corrected chi connectivity index (χ1v) is 18.6. The van der Waals surface area contributed by atoms with Gasteiger partial charge in [-0.25, -0.2) is 0 Å². The molecule has 0 atom stereocenters. The van der Waals surface area contributed by atoms with Gasteiger partial charge in [0.2, 0.25) is 0 Å². The molecule has 12 heteroatoms. The van der Waals surface area contributed by atoms with E-state index in [1.54, 1.807) is 0 Å². The number of benzene rings is 4. The molecule has 0 unspecified atom stereocenters. The molecule has 0 aromatic heterocycles. The van der Waals surface area contributed by atoms with Crippen LogP contribution in [0.3, 0.4) is 0 Å². The Kier molecular flexibility index (Phi) is 9.89. The number of piperazine rings is 2. The van der Waals surface area contributed by atoms with Gasteiger partial charge < -0.3 is 31.3 Å². The van der Waals surface area contributed by atoms with Crippen LogP contribution in [0.25, 0.3) is 0 Å². The molecule has 2 saturated heterocycles. The molecule has 4 aromatic carbocycles. The highest BCUT2D eigenvalue weighted by Crippen LogP contribution is 2.26. The number of anilines is 4. The van der Waals surface area contributed by atoms with Crippen molar-refractivity contribution in [3.8, 4) is 0 Å². The third-order valence-electron chi connectivity index (χ3n) is 11.0. The van der Waals surface area contributed by atoms with Crippen LogP contribution >= 0.6 is 0 Å². The second-order valence-electron chi connectivity index (χ2n) is 14.1. The van der Waals surface area contributed by atoms with Gasteiger partial charge in [0.05, 0.1) is 34.3 Å². The Morgan fingerprint density at radius 3 is 0.944 bits per heavy atom. The molecule has 274 valence electrons. The Morgan fingerprint density at radius 1 is 0.407 bits per heavy atom. The zero-order valence-corrected chi connectivity index (χ0v) is 30.9. The Labute approximate surface area is 316 Å². The monoisotopic (exact) mass is 718 g/mol. The minimum absolute atomic E-state index is 0.658. The Hall–Kier alpha value is -6.30. The lowest BCUT2D eigenvalue weighted by molar-refractivity contribution is 0.653. The lowest BCUT2D eigenvalue weighted by Gasteiger charge is -2.37. The lowest BCUT2D eigenvalue weighted by Crippen LogP contribution is -2.46. The Bertz CT molecular complexity index is 1990. The first-order chi connectivity index (χ1) is 26.4. The smallest absolute Gasteiger partial charge is 0.0928 e. The van der Waals surface area contributed by atoms with Crippen molar-refractivity contribution in [2.75, 3.05) is 72.0 Å². The van der Waals surface area contributed by atoms with E-state index in [1.165, 1.54) is 22.7 Å². The van der Waals surface area contributed by atoms with Crippen LogP contribution in [0.2, 0.25) is 0 Å². The molecule has 0 bridgehead atoms. The molecule has 54 heavy (non-hydrogen) atoms. The molecular formula is C42H46N12. The van der Waals surface area contributed by atoms with Gasteiger partial charge in [-0.05, 0) is 84.6 Å². The van der Waals surface area contributed by atoms with E-state index in [4.69, 9.17) is 11.7 Å². The van der Waals surface area contributed by atoms with Gasteiger partial charge >= 0.3 is 0 Å². The van der Waals surface area contributed by atoms with Gasteiger partial charge in [0.1, 0.15) is 0 Å². The molecule has 0 radical (unpaired) electrons. The Morgan fingerprint density at radius 2 is 0.667 bits per heavy atom. The van der Waals surface area contributed by atoms with E-state index in [0.29, 0.717) is 12.8 Å². The standard InChI is InChI=1S/C42H46N12/c1-29(45-43)31-3-11-35(12-4-31)51-19-23-53(24-20-51)37-15-7-33(8-16-37)39-27-41(49-47-39)42-28-40(48-50-42)34-9-17-38(18-10-34)54-25-21-52(22-26-54)36-13-5-32(6-14-36)30(2)46-44/h3-18H,19-28,43-44H2,1-2H3. The van der Waals surface area contributed by atoms with Gasteiger partial charge in [-0.3, -0.25) is 0 Å². The van der Waals surface area contributed by atoms with Crippen LogP contribution in [0.5, 0.6) is 0 Å². The van der Waals surface area contributed by atoms with Crippen molar-refractivity contribution in [1.29, 1.82) is 0 Å². The summed E-state index contributed by atoms with van der Waals surface area (Å²) in [6, 6.07) is 34.4. The molecule has 4 heterocycles. The van der Waals surface area contributed by atoms with Crippen LogP contribution in [0.15, 0.2) is 128 Å². The number of hydrogen-bond donors (Lipinski definition) is 2. The third kappa shape index (κ3) is 7.32. The summed E-state index contributed by atoms with van der Waals surface area (Å²) in [7, 11) is 0. The average molecular weight is 719 g/mol. The normalized spacial score (nSPS) is 18.1. The van der Waals surface area contributed by atoms with Crippen molar-refractivity contribution in [2.24, 2.45) is 42.3 Å². The van der Waals surface area contributed by atoms with E-state index in [2.05, 4.69) is 147 Å². The summed E-state index contributed by atoms with van der Waals surface area (Å²) in [5.41, 5.74) is 14.6. The van der Waals surface area contributed by atoms with Gasteiger partial charge in [-0.1, -0.05) is 48.5 Å². The SMILES string of the molecule is CC(=NN)c1ccc(N2CCN(c3ccc(C4=NN=C(C5=NN=C(c6ccc(N7CCN(c8ccc(C(C)=NN)cc8)CC7)cc6)C5)C4)cc3)CC2)cc1. The maximum atomic E-state index is 5.44. The lowest BCUT2D eigenvalue weighted by atomic mass is 9.98. The molecule has 4 aromatic rings. The molecule has 12 nitrogen and oxygen atoms in total. The van der Waals surface area contributed by atoms with Gasteiger partial charge in [0.15, 0.2) is 0 Å². The quantitative estimate of drug-likeness (QED) is 0.133. The van der Waals surface area contributed by atoms with Gasteiger partial charge in [0.25, 0.3) is 0 Å². The van der Waals surface area contributed by atoms with Gasteiger partial charge in [-0.2, -0.15) is 30.6 Å². The van der Waals surface area contributed by atoms with E-state index < -0.39 is 0 Å². The van der Waals surface area contributed by atoms with Crippen molar-refractivity contribution in [3.05, 3.63) is 119 Å². The van der Waals surface area contributed by atoms with E-state index >= 15 is 0 Å². The van der Waals surface area contributed by atoms with Crippen LogP contribution in [0, 0.1) is 0 Å². The molecule has 2 fully saturated rings. The number of rotatable bonds is 9. The summed E-state index contributed by atoms with van der Waals surface area (Å²) in [6.07, 6.45) is 1.32. The maximum absolute atomic E-state index is 5.44. The number of nitrogens with two attached hydrogens (primary N) is 2. The molecule has 0 aliphatic carbocycles. The second-order valence-corrected chi connectivity index (χ2v) is 14.1. The largest absolute Gasteiger partial charge is 0.368 e. The predicted octanol–water partition coefficient (Wildman–Crippen LogP) is 5.50. The van der Waals surface area contributed by atoms with E-state index in [1.807, 2.05) is 13.8 Å². The summed E-state index contributed by atoms with van der Waals surface area (Å²) in [4.78, 5) is 9.75. The summed E-state index contributed by atoms with van der Waals surface area (Å²) in [5, 5.41) is 25.8. The van der Waals surface area contributed by atoms with Gasteiger partial charge in [-0.15, -0.1) is 0 Å². The van der Waals surface area contributed by atoms with E-state index in [-0.39, 0.29) is 0 Å². The third-order valence-corrected chi connectivity index (χ3v) is 11.0. The van der Waals surface area contributed by atoms with Crippen LogP contribution in [-0.4, -0.2) is 86.6 Å². The first-order valence-electron chi connectivity index (χ1n) is 18.6. The Balaban J connectivity index is 0.790. The topological polar surface area (TPSA) is 139 Å². The van der Waals surface area contributed by atoms with Crippen LogP contribution in [-0.2, 0) is 0 Å². The zero-order valence-electron chi connectivity index (χ0n) is 30.9. The van der Waals surface area contributed by atoms with Crippen molar-refractivity contribution in [2.45, 2.75) is 26.7 Å². The number of hydrogen-bond acceptors (Lipinski definition) is 12. The van der Waals surface area contributed by atoms with Crippen molar-refractivity contribution in [1.82, 2.24) is 0 Å². The molecule has 4 aliphatic rings. The van der Waals surface area contributed by atoms with Crippen molar-refractivity contribution in [3.63, 3.8) is 0 Å². The molecule has 4 N–H and O–H groups in total. The summed E-state index contributed by atoms with van der Waals surface area (Å²) < 4.78 is 0. The number of hydrazone groups is 2. The summed E-state index contributed by atoms with van der Waals surface area (Å²) >= 11 is 0. The second kappa shape index (κ2) is 15.4. The maximum Gasteiger partial charge on any atom is 0.0928 e. The molecular weight excluding hydrogens is 673 g/mol. The van der Waals surface area contributed by atoms with Crippen LogP contribution in [0.4, 0.5) is 22.7 Å². The predicted molar refractivity (Wildman–Crippen MR) is 225 cm³/mol. The minimum Gasteiger partial charge on any atom is -0.368 e. The van der Waals surface area contributed by atoms with E-state index in [0.717, 1.165) is 109 Å². The first kappa shape index (κ1) is 34.8. The van der Waals surface area contributed by atoms with Gasteiger partial charge in [0, 0.05) is 87.9 Å².